The summed E-state index contributed by atoms with van der Waals surface area (Å²) in [6.07, 6.45) is 0.714. The standard InChI is InChI=1S/C19H20ClFN2O2/c1-12(2)15-6-4-14(5-7-15)11-22-25-13(3)19(24)23-18-9-8-16(21)10-17(18)20/h4-13H,1-3H3,(H,23,24)/b22-11-/t13-/m1/s1. The minimum atomic E-state index is -0.827. The molecule has 0 unspecified atom stereocenters. The quantitative estimate of drug-likeness (QED) is 0.582. The molecular formula is C19H20ClFN2O2. The number of benzene rings is 2. The average molecular weight is 363 g/mol. The number of amides is 1. The summed E-state index contributed by atoms with van der Waals surface area (Å²) in [6, 6.07) is 11.7. The third kappa shape index (κ3) is 5.57. The fourth-order valence-electron chi connectivity index (χ4n) is 2.02. The zero-order valence-corrected chi connectivity index (χ0v) is 15.0. The van der Waals surface area contributed by atoms with Gasteiger partial charge in [0.05, 0.1) is 16.9 Å². The van der Waals surface area contributed by atoms with Gasteiger partial charge in [0.15, 0.2) is 0 Å². The van der Waals surface area contributed by atoms with E-state index in [0.29, 0.717) is 11.6 Å². The molecule has 2 rings (SSSR count). The van der Waals surface area contributed by atoms with Crippen LogP contribution in [0.15, 0.2) is 47.6 Å². The molecule has 2 aromatic rings. The van der Waals surface area contributed by atoms with Gasteiger partial charge >= 0.3 is 0 Å². The van der Waals surface area contributed by atoms with Crippen molar-refractivity contribution in [2.45, 2.75) is 32.8 Å². The number of carbonyl (C=O) groups excluding carboxylic acids is 1. The molecule has 0 saturated heterocycles. The molecule has 0 aliphatic rings. The maximum absolute atomic E-state index is 13.0. The first-order valence-corrected chi connectivity index (χ1v) is 8.29. The average Bonchev–Trinajstić information content (AvgIpc) is 2.57. The van der Waals surface area contributed by atoms with E-state index in [1.54, 1.807) is 13.1 Å². The molecule has 1 atom stereocenters. The van der Waals surface area contributed by atoms with E-state index in [4.69, 9.17) is 16.4 Å². The number of carbonyl (C=O) groups is 1. The van der Waals surface area contributed by atoms with Gasteiger partial charge in [-0.25, -0.2) is 4.39 Å². The predicted molar refractivity (Wildman–Crippen MR) is 98.7 cm³/mol. The second-order valence-corrected chi connectivity index (χ2v) is 6.32. The molecule has 132 valence electrons. The summed E-state index contributed by atoms with van der Waals surface area (Å²) >= 11 is 5.87. The highest BCUT2D eigenvalue weighted by Crippen LogP contribution is 2.22. The lowest BCUT2D eigenvalue weighted by molar-refractivity contribution is -0.126. The molecule has 0 radical (unpaired) electrons. The summed E-state index contributed by atoms with van der Waals surface area (Å²) in [5.74, 6) is -0.439. The van der Waals surface area contributed by atoms with Crippen LogP contribution < -0.4 is 5.32 Å². The number of hydrogen-bond acceptors (Lipinski definition) is 3. The third-order valence-electron chi connectivity index (χ3n) is 3.58. The minimum Gasteiger partial charge on any atom is -0.383 e. The molecule has 2 aromatic carbocycles. The predicted octanol–water partition coefficient (Wildman–Crippen LogP) is 4.98. The minimum absolute atomic E-state index is 0.120. The molecule has 0 aromatic heterocycles. The SMILES string of the molecule is CC(C)c1ccc(/C=N\O[C@H](C)C(=O)Nc2ccc(F)cc2Cl)cc1. The Labute approximate surface area is 151 Å². The van der Waals surface area contributed by atoms with Crippen molar-refractivity contribution in [3.8, 4) is 0 Å². The molecular weight excluding hydrogens is 343 g/mol. The number of nitrogens with zero attached hydrogens (tertiary/aromatic N) is 1. The van der Waals surface area contributed by atoms with Crippen LogP contribution in [0.3, 0.4) is 0 Å². The van der Waals surface area contributed by atoms with Gasteiger partial charge in [0.25, 0.3) is 5.91 Å². The normalized spacial score (nSPS) is 12.4. The van der Waals surface area contributed by atoms with Crippen LogP contribution in [0.25, 0.3) is 0 Å². The lowest BCUT2D eigenvalue weighted by Crippen LogP contribution is -2.26. The molecule has 1 N–H and O–H groups in total. The highest BCUT2D eigenvalue weighted by Gasteiger charge is 2.15. The summed E-state index contributed by atoms with van der Waals surface area (Å²) in [6.45, 7) is 5.81. The first-order valence-electron chi connectivity index (χ1n) is 7.92. The third-order valence-corrected chi connectivity index (χ3v) is 3.89. The largest absolute Gasteiger partial charge is 0.383 e. The van der Waals surface area contributed by atoms with Gasteiger partial charge in [0.2, 0.25) is 6.10 Å². The lowest BCUT2D eigenvalue weighted by Gasteiger charge is -2.11. The van der Waals surface area contributed by atoms with E-state index >= 15 is 0 Å². The molecule has 4 nitrogen and oxygen atoms in total. The lowest BCUT2D eigenvalue weighted by atomic mass is 10.0. The second-order valence-electron chi connectivity index (χ2n) is 5.92. The Kier molecular flexibility index (Phi) is 6.53. The van der Waals surface area contributed by atoms with E-state index in [9.17, 15) is 9.18 Å². The molecule has 0 aliphatic carbocycles. The Balaban J connectivity index is 1.90. The van der Waals surface area contributed by atoms with E-state index < -0.39 is 17.8 Å². The molecule has 0 spiro atoms. The molecule has 1 amide bonds. The summed E-state index contributed by atoms with van der Waals surface area (Å²) in [4.78, 5) is 17.2. The van der Waals surface area contributed by atoms with Crippen molar-refractivity contribution in [1.82, 2.24) is 0 Å². The van der Waals surface area contributed by atoms with Crippen molar-refractivity contribution in [2.75, 3.05) is 5.32 Å². The van der Waals surface area contributed by atoms with Crippen molar-refractivity contribution < 1.29 is 14.0 Å². The number of halogens is 2. The van der Waals surface area contributed by atoms with E-state index in [-0.39, 0.29) is 5.02 Å². The number of oxime groups is 1. The summed E-state index contributed by atoms with van der Waals surface area (Å²) in [5, 5.41) is 6.53. The first kappa shape index (κ1) is 18.9. The Morgan fingerprint density at radius 2 is 1.88 bits per heavy atom. The molecule has 0 aliphatic heterocycles. The number of anilines is 1. The Hall–Kier alpha value is -2.40. The van der Waals surface area contributed by atoms with E-state index in [1.165, 1.54) is 17.7 Å². The van der Waals surface area contributed by atoms with Crippen molar-refractivity contribution in [1.29, 1.82) is 0 Å². The fourth-order valence-corrected chi connectivity index (χ4v) is 2.24. The Bertz CT molecular complexity index is 761. The fraction of sp³-hybridized carbons (Fsp3) is 0.263. The maximum Gasteiger partial charge on any atom is 0.268 e. The summed E-state index contributed by atoms with van der Waals surface area (Å²) in [7, 11) is 0. The highest BCUT2D eigenvalue weighted by molar-refractivity contribution is 6.33. The Morgan fingerprint density at radius 1 is 1.20 bits per heavy atom. The van der Waals surface area contributed by atoms with Crippen LogP contribution in [0.4, 0.5) is 10.1 Å². The van der Waals surface area contributed by atoms with Crippen LogP contribution >= 0.6 is 11.6 Å². The molecule has 0 saturated carbocycles. The van der Waals surface area contributed by atoms with Gasteiger partial charge in [-0.2, -0.15) is 0 Å². The van der Waals surface area contributed by atoms with E-state index in [1.807, 2.05) is 24.3 Å². The molecule has 6 heteroatoms. The van der Waals surface area contributed by atoms with Gasteiger partial charge in [0, 0.05) is 0 Å². The molecule has 0 fully saturated rings. The van der Waals surface area contributed by atoms with Crippen LogP contribution in [0.2, 0.25) is 5.02 Å². The van der Waals surface area contributed by atoms with Crippen molar-refractivity contribution in [3.63, 3.8) is 0 Å². The van der Waals surface area contributed by atoms with Crippen LogP contribution in [0, 0.1) is 5.82 Å². The van der Waals surface area contributed by atoms with Gasteiger partial charge in [-0.3, -0.25) is 4.79 Å². The van der Waals surface area contributed by atoms with Crippen molar-refractivity contribution >= 4 is 29.4 Å². The van der Waals surface area contributed by atoms with Gasteiger partial charge in [-0.1, -0.05) is 54.9 Å². The van der Waals surface area contributed by atoms with E-state index in [0.717, 1.165) is 11.6 Å². The number of rotatable bonds is 6. The monoisotopic (exact) mass is 362 g/mol. The molecule has 25 heavy (non-hydrogen) atoms. The van der Waals surface area contributed by atoms with Crippen LogP contribution in [-0.4, -0.2) is 18.2 Å². The molecule has 0 bridgehead atoms. The number of nitrogens with one attached hydrogen (secondary N) is 1. The van der Waals surface area contributed by atoms with Gasteiger partial charge in [0.1, 0.15) is 5.82 Å². The maximum atomic E-state index is 13.0. The van der Waals surface area contributed by atoms with Gasteiger partial charge < -0.3 is 10.2 Å². The Morgan fingerprint density at radius 3 is 2.48 bits per heavy atom. The first-order chi connectivity index (χ1) is 11.9. The summed E-state index contributed by atoms with van der Waals surface area (Å²) < 4.78 is 13.0. The zero-order chi connectivity index (χ0) is 18.4. The highest BCUT2D eigenvalue weighted by atomic mass is 35.5. The topological polar surface area (TPSA) is 50.7 Å². The van der Waals surface area contributed by atoms with Crippen LogP contribution in [0.1, 0.15) is 37.8 Å². The van der Waals surface area contributed by atoms with Crippen LogP contribution in [-0.2, 0) is 9.63 Å². The molecule has 0 heterocycles. The summed E-state index contributed by atoms with van der Waals surface area (Å²) in [5.41, 5.74) is 2.43. The van der Waals surface area contributed by atoms with Crippen molar-refractivity contribution in [3.05, 3.63) is 64.4 Å². The smallest absolute Gasteiger partial charge is 0.268 e. The second kappa shape index (κ2) is 8.62. The van der Waals surface area contributed by atoms with Crippen LogP contribution in [0.5, 0.6) is 0 Å². The van der Waals surface area contributed by atoms with Crippen molar-refractivity contribution in [2.24, 2.45) is 5.16 Å². The number of hydrogen-bond donors (Lipinski definition) is 1. The van der Waals surface area contributed by atoms with E-state index in [2.05, 4.69) is 24.3 Å². The van der Waals surface area contributed by atoms with Gasteiger partial charge in [-0.05, 0) is 42.2 Å². The van der Waals surface area contributed by atoms with Gasteiger partial charge in [-0.15, -0.1) is 0 Å². The zero-order valence-electron chi connectivity index (χ0n) is 14.3.